The molecule has 2 aromatic heterocycles. The summed E-state index contributed by atoms with van der Waals surface area (Å²) in [7, 11) is 2.97. The highest BCUT2D eigenvalue weighted by atomic mass is 16.5. The second-order valence-electron chi connectivity index (χ2n) is 14.7. The molecule has 51 heavy (non-hydrogen) atoms. The monoisotopic (exact) mass is 691 g/mol. The summed E-state index contributed by atoms with van der Waals surface area (Å²) in [5, 5.41) is 8.33. The first-order valence-electron chi connectivity index (χ1n) is 17.9. The highest BCUT2D eigenvalue weighted by Crippen LogP contribution is 2.43. The molecule has 2 fully saturated rings. The predicted molar refractivity (Wildman–Crippen MR) is 194 cm³/mol. The minimum atomic E-state index is -0.732. The molecular weight excluding hydrogens is 646 g/mol. The summed E-state index contributed by atoms with van der Waals surface area (Å²) in [5.41, 5.74) is 7.13. The average molecular weight is 692 g/mol. The number of rotatable bonds is 8. The van der Waals surface area contributed by atoms with E-state index in [4.69, 9.17) is 24.2 Å². The molecule has 0 aliphatic carbocycles. The van der Waals surface area contributed by atoms with Gasteiger partial charge >= 0.3 is 6.09 Å². The molecule has 0 saturated carbocycles. The Kier molecular flexibility index (Phi) is 8.67. The highest BCUT2D eigenvalue weighted by Gasteiger charge is 2.41. The Hall–Kier alpha value is -4.94. The molecular formula is C39H45N7O5. The van der Waals surface area contributed by atoms with E-state index in [0.29, 0.717) is 37.9 Å². The summed E-state index contributed by atoms with van der Waals surface area (Å²) in [6, 6.07) is 14.2. The third-order valence-corrected chi connectivity index (χ3v) is 10.7. The van der Waals surface area contributed by atoms with Crippen LogP contribution >= 0.6 is 0 Å². The Morgan fingerprint density at radius 3 is 2.69 bits per heavy atom. The van der Waals surface area contributed by atoms with E-state index < -0.39 is 12.1 Å². The van der Waals surface area contributed by atoms with Crippen molar-refractivity contribution in [3.8, 4) is 28.1 Å². The lowest BCUT2D eigenvalue weighted by Gasteiger charge is -2.30. The number of hydrogen-bond donors (Lipinski definition) is 4. The smallest absolute Gasteiger partial charge is 0.407 e. The van der Waals surface area contributed by atoms with Crippen molar-refractivity contribution >= 4 is 33.8 Å². The molecule has 3 aliphatic heterocycles. The van der Waals surface area contributed by atoms with E-state index in [1.54, 1.807) is 7.11 Å². The van der Waals surface area contributed by atoms with Crippen LogP contribution in [0.2, 0.25) is 0 Å². The van der Waals surface area contributed by atoms with Crippen LogP contribution in [-0.2, 0) is 20.9 Å². The number of carbonyl (C=O) groups excluding carboxylic acids is 2. The maximum atomic E-state index is 14.0. The number of likely N-dealkylation sites (tertiary alicyclic amines) is 1. The summed E-state index contributed by atoms with van der Waals surface area (Å²) in [4.78, 5) is 44.8. The van der Waals surface area contributed by atoms with Crippen LogP contribution in [0, 0.1) is 17.8 Å². The Balaban J connectivity index is 1.10. The van der Waals surface area contributed by atoms with Crippen molar-refractivity contribution in [2.75, 3.05) is 33.9 Å². The SMILES string of the molecule is COCC1CC(c2nc3c(ccc4cc5c(cc43)OCc3cc(-c4cnc(C6CC(C)CN6)[nH]4)ccc3-5)[nH]2)N(C(=O)C(NC(=O)OC)C(C)C)C1. The highest BCUT2D eigenvalue weighted by molar-refractivity contribution is 6.07. The van der Waals surface area contributed by atoms with Crippen LogP contribution < -0.4 is 15.4 Å². The molecule has 12 nitrogen and oxygen atoms in total. The third-order valence-electron chi connectivity index (χ3n) is 10.7. The zero-order valence-electron chi connectivity index (χ0n) is 29.7. The summed E-state index contributed by atoms with van der Waals surface area (Å²) >= 11 is 0. The molecule has 5 aromatic rings. The van der Waals surface area contributed by atoms with Crippen LogP contribution in [0.25, 0.3) is 44.2 Å². The zero-order chi connectivity index (χ0) is 35.4. The molecule has 5 unspecified atom stereocenters. The molecule has 12 heteroatoms. The fourth-order valence-electron chi connectivity index (χ4n) is 8.07. The summed E-state index contributed by atoms with van der Waals surface area (Å²) in [5.74, 6) is 2.99. The Morgan fingerprint density at radius 2 is 1.92 bits per heavy atom. The molecule has 2 saturated heterocycles. The topological polar surface area (TPSA) is 146 Å². The van der Waals surface area contributed by atoms with Gasteiger partial charge in [-0.2, -0.15) is 0 Å². The lowest BCUT2D eigenvalue weighted by atomic mass is 9.92. The lowest BCUT2D eigenvalue weighted by molar-refractivity contribution is -0.135. The number of nitrogens with zero attached hydrogens (tertiary/aromatic N) is 3. The van der Waals surface area contributed by atoms with Gasteiger partial charge in [0.05, 0.1) is 48.7 Å². The van der Waals surface area contributed by atoms with E-state index in [0.717, 1.165) is 74.3 Å². The van der Waals surface area contributed by atoms with E-state index in [1.165, 1.54) is 7.11 Å². The number of carbonyl (C=O) groups is 2. The molecule has 3 aromatic carbocycles. The van der Waals surface area contributed by atoms with Gasteiger partial charge in [0, 0.05) is 30.5 Å². The fraction of sp³-hybridized carbons (Fsp3) is 0.436. The van der Waals surface area contributed by atoms with Gasteiger partial charge in [0.2, 0.25) is 5.91 Å². The number of ether oxygens (including phenoxy) is 3. The van der Waals surface area contributed by atoms with Gasteiger partial charge < -0.3 is 39.7 Å². The maximum absolute atomic E-state index is 14.0. The van der Waals surface area contributed by atoms with Crippen LogP contribution in [0.3, 0.4) is 0 Å². The van der Waals surface area contributed by atoms with E-state index in [-0.39, 0.29) is 29.8 Å². The summed E-state index contributed by atoms with van der Waals surface area (Å²) in [6.45, 7) is 8.59. The van der Waals surface area contributed by atoms with Crippen molar-refractivity contribution in [1.82, 2.24) is 35.5 Å². The van der Waals surface area contributed by atoms with Gasteiger partial charge in [0.1, 0.15) is 30.0 Å². The summed E-state index contributed by atoms with van der Waals surface area (Å²) in [6.07, 6.45) is 3.07. The molecule has 5 heterocycles. The minimum absolute atomic E-state index is 0.129. The second-order valence-corrected chi connectivity index (χ2v) is 14.7. The first kappa shape index (κ1) is 33.2. The number of nitrogens with one attached hydrogen (secondary N) is 4. The molecule has 0 radical (unpaired) electrons. The molecule has 4 N–H and O–H groups in total. The van der Waals surface area contributed by atoms with Gasteiger partial charge in [0.25, 0.3) is 0 Å². The number of H-pyrrole nitrogens is 2. The number of aromatic nitrogens is 4. The number of imidazole rings is 2. The zero-order valence-corrected chi connectivity index (χ0v) is 29.7. The van der Waals surface area contributed by atoms with Crippen molar-refractivity contribution in [3.63, 3.8) is 0 Å². The van der Waals surface area contributed by atoms with Crippen LogP contribution in [0.1, 0.15) is 62.9 Å². The Morgan fingerprint density at radius 1 is 1.06 bits per heavy atom. The molecule has 8 rings (SSSR count). The standard InChI is InChI=1S/C39H45N7O5/c1-20(2)34(45-39(48)50-5)38(47)46-17-22(18-49-4)11-32(46)37-42-29-9-7-23-13-28-26-8-6-24(31-16-41-36(43-31)30-10-21(3)15-40-30)12-25(26)19-51-33(28)14-27(23)35(29)44-37/h6-9,12-14,16,20-22,30,32,34,40H,10-11,15,17-19H2,1-5H3,(H,41,43)(H,42,44)(H,45,48). The van der Waals surface area contributed by atoms with Crippen molar-refractivity contribution < 1.29 is 23.8 Å². The van der Waals surface area contributed by atoms with Gasteiger partial charge in [-0.25, -0.2) is 14.8 Å². The molecule has 0 bridgehead atoms. The fourth-order valence-corrected chi connectivity index (χ4v) is 8.07. The number of amides is 2. The Bertz CT molecular complexity index is 2120. The van der Waals surface area contributed by atoms with Crippen LogP contribution in [-0.4, -0.2) is 76.8 Å². The first-order chi connectivity index (χ1) is 24.7. The molecule has 5 atom stereocenters. The van der Waals surface area contributed by atoms with Crippen molar-refractivity contribution in [1.29, 1.82) is 0 Å². The predicted octanol–water partition coefficient (Wildman–Crippen LogP) is 6.25. The Labute approximate surface area is 296 Å². The van der Waals surface area contributed by atoms with Crippen molar-refractivity contribution in [2.45, 2.75) is 58.3 Å². The normalized spacial score (nSPS) is 21.9. The van der Waals surface area contributed by atoms with E-state index in [2.05, 4.69) is 63.9 Å². The van der Waals surface area contributed by atoms with E-state index in [1.807, 2.05) is 31.0 Å². The van der Waals surface area contributed by atoms with Gasteiger partial charge in [-0.1, -0.05) is 39.0 Å². The van der Waals surface area contributed by atoms with Gasteiger partial charge in [0.15, 0.2) is 0 Å². The average Bonchev–Trinajstić information content (AvgIpc) is 3.95. The van der Waals surface area contributed by atoms with E-state index in [9.17, 15) is 9.59 Å². The quantitative estimate of drug-likeness (QED) is 0.149. The van der Waals surface area contributed by atoms with Crippen LogP contribution in [0.5, 0.6) is 5.75 Å². The van der Waals surface area contributed by atoms with Crippen molar-refractivity contribution in [3.05, 3.63) is 65.9 Å². The summed E-state index contributed by atoms with van der Waals surface area (Å²) < 4.78 is 16.7. The minimum Gasteiger partial charge on any atom is -0.488 e. The number of alkyl carbamates (subject to hydrolysis) is 1. The van der Waals surface area contributed by atoms with Gasteiger partial charge in [-0.15, -0.1) is 0 Å². The van der Waals surface area contributed by atoms with Gasteiger partial charge in [-0.3, -0.25) is 4.79 Å². The first-order valence-corrected chi connectivity index (χ1v) is 17.9. The second kappa shape index (κ2) is 13.3. The third kappa shape index (κ3) is 6.10. The van der Waals surface area contributed by atoms with E-state index >= 15 is 0 Å². The van der Waals surface area contributed by atoms with Gasteiger partial charge in [-0.05, 0) is 77.6 Å². The molecule has 266 valence electrons. The van der Waals surface area contributed by atoms with Crippen LogP contribution in [0.4, 0.5) is 4.79 Å². The molecule has 3 aliphatic rings. The number of aromatic amines is 2. The van der Waals surface area contributed by atoms with Crippen LogP contribution in [0.15, 0.2) is 48.7 Å². The van der Waals surface area contributed by atoms with Crippen molar-refractivity contribution in [2.24, 2.45) is 17.8 Å². The lowest BCUT2D eigenvalue weighted by Crippen LogP contribution is -2.51. The number of fused-ring (bicyclic) bond motifs is 6. The molecule has 0 spiro atoms. The number of hydrogen-bond acceptors (Lipinski definition) is 8. The number of methoxy groups -OCH3 is 2. The maximum Gasteiger partial charge on any atom is 0.407 e. The number of benzene rings is 3. The largest absolute Gasteiger partial charge is 0.488 e. The molecule has 2 amide bonds.